The van der Waals surface area contributed by atoms with Crippen LogP contribution in [0.15, 0.2) is 35.1 Å². The molecule has 0 bridgehead atoms. The molecule has 0 amide bonds. The molecule has 0 radical (unpaired) electrons. The van der Waals surface area contributed by atoms with Gasteiger partial charge in [0.1, 0.15) is 17.7 Å². The van der Waals surface area contributed by atoms with Crippen LogP contribution in [-0.4, -0.2) is 65.2 Å². The smallest absolute Gasteiger partial charge is 0.209 e. The molecule has 2 aromatic heterocycles. The molecule has 4 heterocycles. The number of piperazine rings is 1. The summed E-state index contributed by atoms with van der Waals surface area (Å²) < 4.78 is 6.13. The molecule has 0 atom stereocenters. The Bertz CT molecular complexity index is 1020. The lowest BCUT2D eigenvalue weighted by atomic mass is 10.1. The largest absolute Gasteiger partial charge is 0.439 e. The van der Waals surface area contributed by atoms with Crippen LogP contribution < -0.4 is 15.5 Å². The molecule has 0 saturated carbocycles. The molecule has 0 unspecified atom stereocenters. The topological polar surface area (TPSA) is 87.6 Å². The highest BCUT2D eigenvalue weighted by molar-refractivity contribution is 5.77. The standard InChI is InChI=1S/C23H31N7O/c1-2-17-14-25-16-26-23(17)30-11-9-28(10-12-30)15-22-27-20-4-3-19(13-21(20)31-22)29-7-5-18(24)6-8-29/h3-4,13-14,16,18H,2,5-12,15,24H2,1H3. The minimum absolute atomic E-state index is 0.334. The van der Waals surface area contributed by atoms with E-state index in [1.165, 1.54) is 11.3 Å². The lowest BCUT2D eigenvalue weighted by Crippen LogP contribution is -2.46. The summed E-state index contributed by atoms with van der Waals surface area (Å²) >= 11 is 0. The number of aromatic nitrogens is 3. The van der Waals surface area contributed by atoms with Crippen molar-refractivity contribution in [1.29, 1.82) is 0 Å². The fourth-order valence-corrected chi connectivity index (χ4v) is 4.58. The van der Waals surface area contributed by atoms with Crippen molar-refractivity contribution in [3.05, 3.63) is 42.2 Å². The number of nitrogens with zero attached hydrogens (tertiary/aromatic N) is 6. The van der Waals surface area contributed by atoms with E-state index in [0.717, 1.165) is 87.9 Å². The Hall–Kier alpha value is -2.71. The van der Waals surface area contributed by atoms with Crippen molar-refractivity contribution in [1.82, 2.24) is 19.9 Å². The number of rotatable bonds is 5. The van der Waals surface area contributed by atoms with E-state index in [1.807, 2.05) is 6.20 Å². The van der Waals surface area contributed by atoms with Crippen LogP contribution in [0.3, 0.4) is 0 Å². The molecule has 2 aliphatic heterocycles. The second kappa shape index (κ2) is 8.80. The average molecular weight is 422 g/mol. The van der Waals surface area contributed by atoms with E-state index >= 15 is 0 Å². The zero-order chi connectivity index (χ0) is 21.2. The maximum absolute atomic E-state index is 6.13. The van der Waals surface area contributed by atoms with Crippen LogP contribution in [0.5, 0.6) is 0 Å². The van der Waals surface area contributed by atoms with E-state index in [-0.39, 0.29) is 0 Å². The highest BCUT2D eigenvalue weighted by atomic mass is 16.3. The van der Waals surface area contributed by atoms with Crippen LogP contribution in [0.25, 0.3) is 11.1 Å². The van der Waals surface area contributed by atoms with Crippen molar-refractivity contribution in [2.75, 3.05) is 49.1 Å². The summed E-state index contributed by atoms with van der Waals surface area (Å²) in [6.07, 6.45) is 6.61. The molecule has 8 nitrogen and oxygen atoms in total. The minimum atomic E-state index is 0.334. The Morgan fingerprint density at radius 3 is 2.65 bits per heavy atom. The zero-order valence-corrected chi connectivity index (χ0v) is 18.2. The van der Waals surface area contributed by atoms with Crippen molar-refractivity contribution in [3.63, 3.8) is 0 Å². The Morgan fingerprint density at radius 1 is 1.06 bits per heavy atom. The fourth-order valence-electron chi connectivity index (χ4n) is 4.58. The van der Waals surface area contributed by atoms with Crippen LogP contribution in [0.2, 0.25) is 0 Å². The van der Waals surface area contributed by atoms with Gasteiger partial charge in [0.2, 0.25) is 5.89 Å². The van der Waals surface area contributed by atoms with Gasteiger partial charge in [-0.25, -0.2) is 15.0 Å². The van der Waals surface area contributed by atoms with Gasteiger partial charge in [-0.1, -0.05) is 6.92 Å². The summed E-state index contributed by atoms with van der Waals surface area (Å²) in [5, 5.41) is 0. The first-order chi connectivity index (χ1) is 15.2. The molecule has 2 N–H and O–H groups in total. The molecule has 0 aliphatic carbocycles. The van der Waals surface area contributed by atoms with Crippen molar-refractivity contribution >= 4 is 22.6 Å². The molecule has 0 spiro atoms. The van der Waals surface area contributed by atoms with Crippen LogP contribution in [0, 0.1) is 0 Å². The Labute approximate surface area is 183 Å². The zero-order valence-electron chi connectivity index (χ0n) is 18.2. The van der Waals surface area contributed by atoms with Gasteiger partial charge in [0.05, 0.1) is 6.54 Å². The Kier molecular flexibility index (Phi) is 5.74. The Morgan fingerprint density at radius 2 is 1.87 bits per heavy atom. The number of oxazole rings is 1. The first-order valence-electron chi connectivity index (χ1n) is 11.4. The molecule has 1 aromatic carbocycles. The normalized spacial score (nSPS) is 18.8. The number of anilines is 2. The molecule has 164 valence electrons. The second-order valence-electron chi connectivity index (χ2n) is 8.57. The predicted molar refractivity (Wildman–Crippen MR) is 122 cm³/mol. The van der Waals surface area contributed by atoms with E-state index in [9.17, 15) is 0 Å². The molecule has 8 heteroatoms. The van der Waals surface area contributed by atoms with Crippen molar-refractivity contribution in [2.24, 2.45) is 5.73 Å². The van der Waals surface area contributed by atoms with Crippen molar-refractivity contribution in [2.45, 2.75) is 38.8 Å². The fraction of sp³-hybridized carbons (Fsp3) is 0.522. The van der Waals surface area contributed by atoms with Crippen LogP contribution in [0.1, 0.15) is 31.2 Å². The minimum Gasteiger partial charge on any atom is -0.439 e. The number of hydrogen-bond acceptors (Lipinski definition) is 8. The number of piperidine rings is 1. The van der Waals surface area contributed by atoms with Gasteiger partial charge >= 0.3 is 0 Å². The number of nitrogens with two attached hydrogens (primary N) is 1. The first-order valence-corrected chi connectivity index (χ1v) is 11.4. The summed E-state index contributed by atoms with van der Waals surface area (Å²) in [4.78, 5) is 20.6. The second-order valence-corrected chi connectivity index (χ2v) is 8.57. The van der Waals surface area contributed by atoms with Gasteiger partial charge in [-0.3, -0.25) is 4.90 Å². The predicted octanol–water partition coefficient (Wildman–Crippen LogP) is 2.43. The summed E-state index contributed by atoms with van der Waals surface area (Å²) in [7, 11) is 0. The van der Waals surface area contributed by atoms with Crippen LogP contribution in [-0.2, 0) is 13.0 Å². The average Bonchev–Trinajstić information content (AvgIpc) is 3.21. The SMILES string of the molecule is CCc1cncnc1N1CCN(Cc2nc3ccc(N4CCC(N)CC4)cc3o2)CC1. The first kappa shape index (κ1) is 20.2. The van der Waals surface area contributed by atoms with Gasteiger partial charge in [0.15, 0.2) is 5.58 Å². The molecule has 2 fully saturated rings. The van der Waals surface area contributed by atoms with E-state index in [4.69, 9.17) is 15.1 Å². The van der Waals surface area contributed by atoms with Crippen molar-refractivity contribution in [3.8, 4) is 0 Å². The molecule has 2 aliphatic rings. The van der Waals surface area contributed by atoms with E-state index in [1.54, 1.807) is 6.33 Å². The molecule has 3 aromatic rings. The highest BCUT2D eigenvalue weighted by Crippen LogP contribution is 2.26. The van der Waals surface area contributed by atoms with Gasteiger partial charge in [-0.05, 0) is 31.4 Å². The van der Waals surface area contributed by atoms with E-state index in [0.29, 0.717) is 6.04 Å². The molecular formula is C23H31N7O. The van der Waals surface area contributed by atoms with Gasteiger partial charge < -0.3 is 20.0 Å². The monoisotopic (exact) mass is 421 g/mol. The Balaban J connectivity index is 1.22. The third-order valence-corrected chi connectivity index (χ3v) is 6.50. The molecule has 2 saturated heterocycles. The number of aryl methyl sites for hydroxylation is 1. The number of hydrogen-bond donors (Lipinski definition) is 1. The quantitative estimate of drug-likeness (QED) is 0.672. The van der Waals surface area contributed by atoms with Crippen LogP contribution in [0.4, 0.5) is 11.5 Å². The molecule has 31 heavy (non-hydrogen) atoms. The van der Waals surface area contributed by atoms with Crippen molar-refractivity contribution < 1.29 is 4.42 Å². The summed E-state index contributed by atoms with van der Waals surface area (Å²) in [5.41, 5.74) is 10.3. The van der Waals surface area contributed by atoms with E-state index in [2.05, 4.69) is 49.8 Å². The maximum atomic E-state index is 6.13. The van der Waals surface area contributed by atoms with Gasteiger partial charge in [-0.15, -0.1) is 0 Å². The summed E-state index contributed by atoms with van der Waals surface area (Å²) in [5.74, 6) is 1.86. The lowest BCUT2D eigenvalue weighted by Gasteiger charge is -2.35. The van der Waals surface area contributed by atoms with Gasteiger partial charge in [0, 0.05) is 68.8 Å². The third kappa shape index (κ3) is 4.36. The third-order valence-electron chi connectivity index (χ3n) is 6.50. The highest BCUT2D eigenvalue weighted by Gasteiger charge is 2.22. The lowest BCUT2D eigenvalue weighted by molar-refractivity contribution is 0.228. The molecule has 5 rings (SSSR count). The number of fused-ring (bicyclic) bond motifs is 1. The van der Waals surface area contributed by atoms with Gasteiger partial charge in [0.25, 0.3) is 0 Å². The van der Waals surface area contributed by atoms with E-state index < -0.39 is 0 Å². The summed E-state index contributed by atoms with van der Waals surface area (Å²) in [6.45, 7) is 8.72. The van der Waals surface area contributed by atoms with Gasteiger partial charge in [-0.2, -0.15) is 0 Å². The molecular weight excluding hydrogens is 390 g/mol. The summed E-state index contributed by atoms with van der Waals surface area (Å²) in [6, 6.07) is 6.69. The number of benzene rings is 1. The van der Waals surface area contributed by atoms with Crippen LogP contribution >= 0.6 is 0 Å². The maximum Gasteiger partial charge on any atom is 0.209 e.